The lowest BCUT2D eigenvalue weighted by molar-refractivity contribution is -0.123. The minimum Gasteiger partial charge on any atom is -0.324 e. The van der Waals surface area contributed by atoms with E-state index in [2.05, 4.69) is 15.7 Å². The van der Waals surface area contributed by atoms with Gasteiger partial charge in [-0.3, -0.25) is 19.4 Å². The molecular formula is C22H23N5O3. The van der Waals surface area contributed by atoms with Crippen LogP contribution in [0.5, 0.6) is 0 Å². The van der Waals surface area contributed by atoms with Crippen molar-refractivity contribution in [2.24, 2.45) is 10.3 Å². The van der Waals surface area contributed by atoms with E-state index in [9.17, 15) is 14.4 Å². The standard InChI is InChI=1S/C22H23N5O3/c1-12-5-8-17(15(4)9-12)23-18(28)11-26-20-19(24-25-26)21(29)27(22(20)30)16-7-6-13(2)14(3)10-16/h5-10,19-20H,11H2,1-4H3,(H,23,28)/t19-,20+/m0/s1. The summed E-state index contributed by atoms with van der Waals surface area (Å²) in [5, 5.41) is 12.0. The number of fused-ring (bicyclic) bond motifs is 1. The lowest BCUT2D eigenvalue weighted by Gasteiger charge is -2.21. The zero-order valence-corrected chi connectivity index (χ0v) is 17.3. The highest BCUT2D eigenvalue weighted by Crippen LogP contribution is 2.32. The van der Waals surface area contributed by atoms with Crippen LogP contribution in [0.3, 0.4) is 0 Å². The first-order valence-corrected chi connectivity index (χ1v) is 9.76. The number of imide groups is 1. The molecule has 2 aliphatic heterocycles. The number of hydrogen-bond donors (Lipinski definition) is 1. The molecule has 0 unspecified atom stereocenters. The van der Waals surface area contributed by atoms with Crippen molar-refractivity contribution < 1.29 is 14.4 Å². The van der Waals surface area contributed by atoms with Crippen molar-refractivity contribution in [2.75, 3.05) is 16.8 Å². The zero-order chi connectivity index (χ0) is 21.6. The Balaban J connectivity index is 1.50. The zero-order valence-electron chi connectivity index (χ0n) is 17.3. The lowest BCUT2D eigenvalue weighted by Crippen LogP contribution is -2.43. The van der Waals surface area contributed by atoms with Gasteiger partial charge in [-0.05, 0) is 62.6 Å². The summed E-state index contributed by atoms with van der Waals surface area (Å²) in [4.78, 5) is 39.6. The Morgan fingerprint density at radius 1 is 0.967 bits per heavy atom. The monoisotopic (exact) mass is 405 g/mol. The number of aryl methyl sites for hydroxylation is 4. The molecule has 2 aliphatic rings. The molecule has 0 aromatic heterocycles. The quantitative estimate of drug-likeness (QED) is 0.792. The first-order valence-electron chi connectivity index (χ1n) is 9.76. The Bertz CT molecular complexity index is 1090. The van der Waals surface area contributed by atoms with Gasteiger partial charge >= 0.3 is 0 Å². The minimum absolute atomic E-state index is 0.169. The fourth-order valence-corrected chi connectivity index (χ4v) is 3.76. The Labute approximate surface area is 174 Å². The van der Waals surface area contributed by atoms with Crippen LogP contribution in [0.25, 0.3) is 0 Å². The van der Waals surface area contributed by atoms with E-state index in [0.717, 1.165) is 27.2 Å². The van der Waals surface area contributed by atoms with E-state index in [1.165, 1.54) is 5.01 Å². The Morgan fingerprint density at radius 3 is 2.43 bits per heavy atom. The van der Waals surface area contributed by atoms with Crippen LogP contribution in [-0.2, 0) is 14.4 Å². The van der Waals surface area contributed by atoms with Crippen molar-refractivity contribution in [1.82, 2.24) is 5.01 Å². The first-order chi connectivity index (χ1) is 14.3. The number of nitrogens with one attached hydrogen (secondary N) is 1. The number of amides is 3. The molecule has 2 heterocycles. The van der Waals surface area contributed by atoms with E-state index < -0.39 is 23.9 Å². The molecule has 3 amide bonds. The molecule has 0 spiro atoms. The molecule has 1 saturated heterocycles. The second kappa shape index (κ2) is 7.37. The molecule has 0 radical (unpaired) electrons. The fourth-order valence-electron chi connectivity index (χ4n) is 3.76. The highest BCUT2D eigenvalue weighted by molar-refractivity contribution is 6.25. The third-order valence-corrected chi connectivity index (χ3v) is 5.57. The van der Waals surface area contributed by atoms with Gasteiger partial charge in [-0.1, -0.05) is 29.0 Å². The van der Waals surface area contributed by atoms with Gasteiger partial charge < -0.3 is 5.32 Å². The van der Waals surface area contributed by atoms with Crippen LogP contribution in [0.1, 0.15) is 22.3 Å². The topological polar surface area (TPSA) is 94.4 Å². The van der Waals surface area contributed by atoms with Gasteiger partial charge in [0.25, 0.3) is 11.8 Å². The number of nitrogens with zero attached hydrogens (tertiary/aromatic N) is 4. The SMILES string of the molecule is Cc1ccc(NC(=O)CN2N=N[C@@H]3C(=O)N(c4ccc(C)c(C)c4)C(=O)[C@@H]32)c(C)c1. The molecule has 154 valence electrons. The van der Waals surface area contributed by atoms with Gasteiger partial charge in [0, 0.05) is 5.69 Å². The summed E-state index contributed by atoms with van der Waals surface area (Å²) in [6.07, 6.45) is 0. The number of benzene rings is 2. The number of anilines is 2. The molecular weight excluding hydrogens is 382 g/mol. The average molecular weight is 405 g/mol. The Kier molecular flexibility index (Phi) is 4.85. The van der Waals surface area contributed by atoms with Crippen LogP contribution in [0.2, 0.25) is 0 Å². The van der Waals surface area contributed by atoms with Crippen LogP contribution in [-0.4, -0.2) is 41.4 Å². The van der Waals surface area contributed by atoms with Crippen molar-refractivity contribution in [3.05, 3.63) is 58.7 Å². The number of hydrogen-bond acceptors (Lipinski definition) is 6. The maximum atomic E-state index is 13.0. The normalized spacial score (nSPS) is 20.1. The van der Waals surface area contributed by atoms with Crippen molar-refractivity contribution in [3.63, 3.8) is 0 Å². The third kappa shape index (κ3) is 3.34. The van der Waals surface area contributed by atoms with Crippen molar-refractivity contribution in [1.29, 1.82) is 0 Å². The molecule has 30 heavy (non-hydrogen) atoms. The van der Waals surface area contributed by atoms with Gasteiger partial charge in [-0.25, -0.2) is 4.90 Å². The molecule has 1 N–H and O–H groups in total. The number of carbonyl (C=O) groups is 3. The summed E-state index contributed by atoms with van der Waals surface area (Å²) in [6.45, 7) is 7.61. The second-order valence-electron chi connectivity index (χ2n) is 7.84. The van der Waals surface area contributed by atoms with Crippen LogP contribution in [0.15, 0.2) is 46.7 Å². The van der Waals surface area contributed by atoms with Crippen molar-refractivity contribution >= 4 is 29.1 Å². The summed E-state index contributed by atoms with van der Waals surface area (Å²) in [5.41, 5.74) is 5.31. The fraction of sp³-hybridized carbons (Fsp3) is 0.318. The van der Waals surface area contributed by atoms with Gasteiger partial charge in [0.2, 0.25) is 5.91 Å². The molecule has 2 atom stereocenters. The summed E-state index contributed by atoms with van der Waals surface area (Å²) in [5.74, 6) is -1.17. The molecule has 2 aromatic rings. The van der Waals surface area contributed by atoms with Crippen LogP contribution >= 0.6 is 0 Å². The van der Waals surface area contributed by atoms with Crippen molar-refractivity contribution in [2.45, 2.75) is 39.8 Å². The van der Waals surface area contributed by atoms with E-state index in [4.69, 9.17) is 0 Å². The molecule has 4 rings (SSSR count). The maximum Gasteiger partial charge on any atom is 0.263 e. The molecule has 2 aromatic carbocycles. The smallest absolute Gasteiger partial charge is 0.263 e. The maximum absolute atomic E-state index is 13.0. The van der Waals surface area contributed by atoms with E-state index in [-0.39, 0.29) is 12.5 Å². The summed E-state index contributed by atoms with van der Waals surface area (Å²) in [7, 11) is 0. The summed E-state index contributed by atoms with van der Waals surface area (Å²) in [6, 6.07) is 9.32. The summed E-state index contributed by atoms with van der Waals surface area (Å²) >= 11 is 0. The highest BCUT2D eigenvalue weighted by atomic mass is 16.2. The molecule has 0 saturated carbocycles. The molecule has 1 fully saturated rings. The van der Waals surface area contributed by atoms with E-state index in [1.807, 2.05) is 52.0 Å². The minimum atomic E-state index is -0.923. The van der Waals surface area contributed by atoms with Gasteiger partial charge in [0.1, 0.15) is 6.54 Å². The highest BCUT2D eigenvalue weighted by Gasteiger charge is 2.55. The lowest BCUT2D eigenvalue weighted by atomic mass is 10.1. The summed E-state index contributed by atoms with van der Waals surface area (Å²) < 4.78 is 0. The van der Waals surface area contributed by atoms with Crippen LogP contribution in [0.4, 0.5) is 11.4 Å². The van der Waals surface area contributed by atoms with Crippen LogP contribution in [0, 0.1) is 27.7 Å². The van der Waals surface area contributed by atoms with Crippen LogP contribution < -0.4 is 10.2 Å². The van der Waals surface area contributed by atoms with E-state index >= 15 is 0 Å². The van der Waals surface area contributed by atoms with Gasteiger partial charge in [-0.2, -0.15) is 5.11 Å². The van der Waals surface area contributed by atoms with Crippen molar-refractivity contribution in [3.8, 4) is 0 Å². The number of carbonyl (C=O) groups excluding carboxylic acids is 3. The Morgan fingerprint density at radius 2 is 1.73 bits per heavy atom. The third-order valence-electron chi connectivity index (χ3n) is 5.57. The largest absolute Gasteiger partial charge is 0.324 e. The molecule has 0 aliphatic carbocycles. The predicted molar refractivity (Wildman–Crippen MR) is 112 cm³/mol. The first kappa shape index (κ1) is 19.8. The van der Waals surface area contributed by atoms with Gasteiger partial charge in [0.05, 0.1) is 5.69 Å². The molecule has 8 heteroatoms. The number of rotatable bonds is 4. The second-order valence-corrected chi connectivity index (χ2v) is 7.84. The molecule has 8 nitrogen and oxygen atoms in total. The van der Waals surface area contributed by atoms with E-state index in [1.54, 1.807) is 12.1 Å². The molecule has 0 bridgehead atoms. The predicted octanol–water partition coefficient (Wildman–Crippen LogP) is 2.85. The van der Waals surface area contributed by atoms with Gasteiger partial charge in [-0.15, -0.1) is 0 Å². The van der Waals surface area contributed by atoms with Gasteiger partial charge in [0.15, 0.2) is 12.1 Å². The Hall–Kier alpha value is -3.55. The average Bonchev–Trinajstić information content (AvgIpc) is 3.20. The van der Waals surface area contributed by atoms with E-state index in [0.29, 0.717) is 11.4 Å².